The van der Waals surface area contributed by atoms with Gasteiger partial charge >= 0.3 is 0 Å². The summed E-state index contributed by atoms with van der Waals surface area (Å²) in [5, 5.41) is 2.98. The smallest absolute Gasteiger partial charge is 0.237 e. The SMILES string of the molecule is CC(C)c1ccc(C(N)CNC(=O)C(C(C)C)N(C)C)cc1.Cl.Cl. The molecule has 1 rings (SSSR count). The maximum absolute atomic E-state index is 12.3. The van der Waals surface area contributed by atoms with Gasteiger partial charge in [-0.25, -0.2) is 0 Å². The van der Waals surface area contributed by atoms with Gasteiger partial charge in [0.15, 0.2) is 0 Å². The molecule has 0 aliphatic carbocycles. The normalized spacial score (nSPS) is 13.2. The van der Waals surface area contributed by atoms with E-state index in [4.69, 9.17) is 5.73 Å². The van der Waals surface area contributed by atoms with Crippen LogP contribution < -0.4 is 11.1 Å². The second-order valence-electron chi connectivity index (χ2n) is 6.83. The Morgan fingerprint density at radius 3 is 1.88 bits per heavy atom. The number of likely N-dealkylation sites (N-methyl/N-ethyl adjacent to an activating group) is 1. The van der Waals surface area contributed by atoms with Crippen molar-refractivity contribution in [1.82, 2.24) is 10.2 Å². The summed E-state index contributed by atoms with van der Waals surface area (Å²) in [6.45, 7) is 8.89. The van der Waals surface area contributed by atoms with Crippen LogP contribution in [0.5, 0.6) is 0 Å². The van der Waals surface area contributed by atoms with Crippen molar-refractivity contribution in [2.24, 2.45) is 11.7 Å². The number of hydrogen-bond acceptors (Lipinski definition) is 3. The molecule has 0 aliphatic heterocycles. The zero-order valence-corrected chi connectivity index (χ0v) is 17.2. The Kier molecular flexibility index (Phi) is 12.4. The minimum atomic E-state index is -0.180. The zero-order valence-electron chi connectivity index (χ0n) is 15.6. The molecule has 1 aromatic rings. The van der Waals surface area contributed by atoms with E-state index in [1.54, 1.807) is 0 Å². The van der Waals surface area contributed by atoms with Crippen molar-refractivity contribution >= 4 is 30.7 Å². The minimum absolute atomic E-state index is 0. The van der Waals surface area contributed by atoms with Crippen LogP contribution in [-0.4, -0.2) is 37.5 Å². The highest BCUT2D eigenvalue weighted by molar-refractivity contribution is 5.85. The Labute approximate surface area is 159 Å². The molecule has 1 amide bonds. The summed E-state index contributed by atoms with van der Waals surface area (Å²) in [7, 11) is 3.85. The van der Waals surface area contributed by atoms with E-state index in [2.05, 4.69) is 57.3 Å². The van der Waals surface area contributed by atoms with Crippen LogP contribution in [0.25, 0.3) is 0 Å². The lowest BCUT2D eigenvalue weighted by atomic mass is 9.99. The predicted octanol–water partition coefficient (Wildman–Crippen LogP) is 3.36. The van der Waals surface area contributed by atoms with Gasteiger partial charge in [-0.2, -0.15) is 0 Å². The lowest BCUT2D eigenvalue weighted by Crippen LogP contribution is -2.48. The molecule has 4 nitrogen and oxygen atoms in total. The fourth-order valence-corrected chi connectivity index (χ4v) is 2.69. The Bertz CT molecular complexity index is 468. The lowest BCUT2D eigenvalue weighted by molar-refractivity contribution is -0.127. The van der Waals surface area contributed by atoms with Crippen molar-refractivity contribution in [2.45, 2.75) is 45.7 Å². The number of nitrogens with two attached hydrogens (primary N) is 1. The Morgan fingerprint density at radius 2 is 1.50 bits per heavy atom. The summed E-state index contributed by atoms with van der Waals surface area (Å²) < 4.78 is 0. The van der Waals surface area contributed by atoms with Crippen LogP contribution in [-0.2, 0) is 4.79 Å². The highest BCUT2D eigenvalue weighted by Crippen LogP contribution is 2.17. The number of halogens is 2. The molecular formula is C18H33Cl2N3O. The molecule has 6 heteroatoms. The van der Waals surface area contributed by atoms with E-state index in [1.165, 1.54) is 5.56 Å². The number of carbonyl (C=O) groups is 1. The Balaban J connectivity index is 0. The van der Waals surface area contributed by atoms with Gasteiger partial charge in [0.25, 0.3) is 0 Å². The van der Waals surface area contributed by atoms with Crippen LogP contribution in [0, 0.1) is 5.92 Å². The van der Waals surface area contributed by atoms with Crippen molar-refractivity contribution in [1.29, 1.82) is 0 Å². The van der Waals surface area contributed by atoms with Crippen LogP contribution in [0.15, 0.2) is 24.3 Å². The predicted molar refractivity (Wildman–Crippen MR) is 107 cm³/mol. The van der Waals surface area contributed by atoms with Crippen LogP contribution in [0.3, 0.4) is 0 Å². The molecule has 24 heavy (non-hydrogen) atoms. The second kappa shape index (κ2) is 11.7. The number of benzene rings is 1. The molecule has 0 aliphatic rings. The standard InChI is InChI=1S/C18H31N3O.2ClH/c1-12(2)14-7-9-15(10-8-14)16(19)11-20-18(22)17(13(3)4)21(5)6;;/h7-10,12-13,16-17H,11,19H2,1-6H3,(H,20,22);2*1H. The van der Waals surface area contributed by atoms with E-state index in [0.29, 0.717) is 12.5 Å². The molecule has 0 bridgehead atoms. The molecule has 2 unspecified atom stereocenters. The summed E-state index contributed by atoms with van der Waals surface area (Å²) in [5.41, 5.74) is 8.54. The van der Waals surface area contributed by atoms with Gasteiger partial charge in [-0.15, -0.1) is 24.8 Å². The molecule has 0 spiro atoms. The minimum Gasteiger partial charge on any atom is -0.353 e. The zero-order chi connectivity index (χ0) is 16.9. The van der Waals surface area contributed by atoms with E-state index in [0.717, 1.165) is 5.56 Å². The van der Waals surface area contributed by atoms with Crippen LogP contribution in [0.1, 0.15) is 50.8 Å². The number of hydrogen-bond donors (Lipinski definition) is 2. The third-order valence-electron chi connectivity index (χ3n) is 3.98. The molecule has 0 saturated heterocycles. The first-order valence-corrected chi connectivity index (χ1v) is 8.03. The van der Waals surface area contributed by atoms with E-state index in [9.17, 15) is 4.79 Å². The number of nitrogens with one attached hydrogen (secondary N) is 1. The number of carbonyl (C=O) groups excluding carboxylic acids is 1. The molecular weight excluding hydrogens is 345 g/mol. The third kappa shape index (κ3) is 7.39. The van der Waals surface area contributed by atoms with E-state index >= 15 is 0 Å². The van der Waals surface area contributed by atoms with Crippen molar-refractivity contribution in [2.75, 3.05) is 20.6 Å². The number of amides is 1. The molecule has 0 fully saturated rings. The molecule has 0 heterocycles. The largest absolute Gasteiger partial charge is 0.353 e. The van der Waals surface area contributed by atoms with Crippen LogP contribution >= 0.6 is 24.8 Å². The van der Waals surface area contributed by atoms with Crippen LogP contribution in [0.4, 0.5) is 0 Å². The Hall–Kier alpha value is -0.810. The van der Waals surface area contributed by atoms with Crippen molar-refractivity contribution in [3.05, 3.63) is 35.4 Å². The van der Waals surface area contributed by atoms with E-state index in [1.807, 2.05) is 19.0 Å². The quantitative estimate of drug-likeness (QED) is 0.765. The Morgan fingerprint density at radius 1 is 1.04 bits per heavy atom. The molecule has 3 N–H and O–H groups in total. The van der Waals surface area contributed by atoms with Gasteiger partial charge in [-0.1, -0.05) is 52.0 Å². The van der Waals surface area contributed by atoms with Crippen LogP contribution in [0.2, 0.25) is 0 Å². The lowest BCUT2D eigenvalue weighted by Gasteiger charge is -2.27. The fourth-order valence-electron chi connectivity index (χ4n) is 2.69. The summed E-state index contributed by atoms with van der Waals surface area (Å²) in [5.74, 6) is 0.808. The first-order chi connectivity index (χ1) is 10.2. The first kappa shape index (κ1) is 25.4. The van der Waals surface area contributed by atoms with Gasteiger partial charge in [-0.3, -0.25) is 9.69 Å². The van der Waals surface area contributed by atoms with Gasteiger partial charge in [0, 0.05) is 12.6 Å². The molecule has 0 radical (unpaired) electrons. The topological polar surface area (TPSA) is 58.4 Å². The van der Waals surface area contributed by atoms with Crippen molar-refractivity contribution < 1.29 is 4.79 Å². The average molecular weight is 378 g/mol. The third-order valence-corrected chi connectivity index (χ3v) is 3.98. The summed E-state index contributed by atoms with van der Waals surface area (Å²) in [4.78, 5) is 14.2. The molecule has 140 valence electrons. The molecule has 1 aromatic carbocycles. The maximum atomic E-state index is 12.3. The molecule has 0 saturated carbocycles. The first-order valence-electron chi connectivity index (χ1n) is 8.03. The molecule has 0 aromatic heterocycles. The summed E-state index contributed by atoms with van der Waals surface area (Å²) in [6.07, 6.45) is 0. The van der Waals surface area contributed by atoms with E-state index in [-0.39, 0.29) is 48.7 Å². The van der Waals surface area contributed by atoms with Gasteiger partial charge in [-0.05, 0) is 37.1 Å². The number of nitrogens with zero attached hydrogens (tertiary/aromatic N) is 1. The molecule has 2 atom stereocenters. The summed E-state index contributed by atoms with van der Waals surface area (Å²) in [6, 6.07) is 8.02. The second-order valence-corrected chi connectivity index (χ2v) is 6.83. The highest BCUT2D eigenvalue weighted by atomic mass is 35.5. The summed E-state index contributed by atoms with van der Waals surface area (Å²) >= 11 is 0. The van der Waals surface area contributed by atoms with Gasteiger partial charge in [0.05, 0.1) is 6.04 Å². The number of rotatable bonds is 7. The monoisotopic (exact) mass is 377 g/mol. The fraction of sp³-hybridized carbons (Fsp3) is 0.611. The maximum Gasteiger partial charge on any atom is 0.237 e. The van der Waals surface area contributed by atoms with Gasteiger partial charge < -0.3 is 11.1 Å². The van der Waals surface area contributed by atoms with Gasteiger partial charge in [0.1, 0.15) is 0 Å². The van der Waals surface area contributed by atoms with E-state index < -0.39 is 0 Å². The van der Waals surface area contributed by atoms with Crippen molar-refractivity contribution in [3.8, 4) is 0 Å². The highest BCUT2D eigenvalue weighted by Gasteiger charge is 2.24. The van der Waals surface area contributed by atoms with Crippen molar-refractivity contribution in [3.63, 3.8) is 0 Å². The van der Waals surface area contributed by atoms with Gasteiger partial charge in [0.2, 0.25) is 5.91 Å². The average Bonchev–Trinajstić information content (AvgIpc) is 2.44.